The van der Waals surface area contributed by atoms with Crippen molar-refractivity contribution < 1.29 is 31.6 Å². The highest BCUT2D eigenvalue weighted by Crippen LogP contribution is 2.25. The Morgan fingerprint density at radius 3 is 2.53 bits per heavy atom. The molecule has 0 unspecified atom stereocenters. The first kappa shape index (κ1) is 22.0. The standard InChI is InChI=1S/C20H23FN2O6S/c1-13-16(20(25)28-3)11-15(29-13)12-22(2)19(24)14-6-7-17(21)18(10-14)30(26,27)23-8-4-5-9-23/h6-7,10-11H,4-5,8-9,12H2,1-3H3. The number of esters is 1. The molecule has 30 heavy (non-hydrogen) atoms. The van der Waals surface area contributed by atoms with E-state index in [4.69, 9.17) is 4.42 Å². The summed E-state index contributed by atoms with van der Waals surface area (Å²) >= 11 is 0. The minimum Gasteiger partial charge on any atom is -0.465 e. The fourth-order valence-electron chi connectivity index (χ4n) is 3.36. The van der Waals surface area contributed by atoms with Crippen molar-refractivity contribution in [3.63, 3.8) is 0 Å². The number of hydrogen-bond donors (Lipinski definition) is 0. The van der Waals surface area contributed by atoms with Gasteiger partial charge < -0.3 is 14.1 Å². The van der Waals surface area contributed by atoms with Crippen LogP contribution in [0.25, 0.3) is 0 Å². The first-order valence-electron chi connectivity index (χ1n) is 9.38. The molecule has 1 aliphatic heterocycles. The van der Waals surface area contributed by atoms with E-state index in [1.54, 1.807) is 6.92 Å². The average Bonchev–Trinajstić information content (AvgIpc) is 3.37. The van der Waals surface area contributed by atoms with Crippen LogP contribution in [0, 0.1) is 12.7 Å². The van der Waals surface area contributed by atoms with Crippen molar-refractivity contribution >= 4 is 21.9 Å². The van der Waals surface area contributed by atoms with Crippen LogP contribution < -0.4 is 0 Å². The maximum Gasteiger partial charge on any atom is 0.341 e. The minimum atomic E-state index is -4.01. The molecule has 0 atom stereocenters. The number of halogens is 1. The molecule has 0 N–H and O–H groups in total. The van der Waals surface area contributed by atoms with Crippen molar-refractivity contribution in [1.82, 2.24) is 9.21 Å². The van der Waals surface area contributed by atoms with Gasteiger partial charge in [0.2, 0.25) is 10.0 Å². The van der Waals surface area contributed by atoms with Gasteiger partial charge in [0, 0.05) is 25.7 Å². The molecule has 1 amide bonds. The summed E-state index contributed by atoms with van der Waals surface area (Å²) in [5.74, 6) is -1.24. The van der Waals surface area contributed by atoms with E-state index >= 15 is 0 Å². The van der Waals surface area contributed by atoms with Gasteiger partial charge in [-0.25, -0.2) is 17.6 Å². The Balaban J connectivity index is 1.82. The number of benzene rings is 1. The van der Waals surface area contributed by atoms with E-state index in [1.807, 2.05) is 0 Å². The van der Waals surface area contributed by atoms with Crippen molar-refractivity contribution in [2.24, 2.45) is 0 Å². The zero-order valence-electron chi connectivity index (χ0n) is 17.0. The van der Waals surface area contributed by atoms with Gasteiger partial charge >= 0.3 is 5.97 Å². The van der Waals surface area contributed by atoms with Crippen molar-refractivity contribution in [1.29, 1.82) is 0 Å². The summed E-state index contributed by atoms with van der Waals surface area (Å²) in [6.07, 6.45) is 1.44. The molecule has 1 fully saturated rings. The molecule has 1 aliphatic rings. The van der Waals surface area contributed by atoms with Gasteiger partial charge in [-0.1, -0.05) is 0 Å². The van der Waals surface area contributed by atoms with Gasteiger partial charge in [0.25, 0.3) is 5.91 Å². The molecule has 0 aliphatic carbocycles. The summed E-state index contributed by atoms with van der Waals surface area (Å²) in [5, 5.41) is 0. The molecule has 8 nitrogen and oxygen atoms in total. The molecule has 10 heteroatoms. The lowest BCUT2D eigenvalue weighted by Crippen LogP contribution is -2.30. The predicted octanol–water partition coefficient (Wildman–Crippen LogP) is 2.57. The number of aryl methyl sites for hydroxylation is 1. The van der Waals surface area contributed by atoms with E-state index in [0.717, 1.165) is 25.0 Å². The smallest absolute Gasteiger partial charge is 0.341 e. The number of amides is 1. The first-order valence-corrected chi connectivity index (χ1v) is 10.8. The lowest BCUT2D eigenvalue weighted by molar-refractivity contribution is 0.0598. The molecule has 1 aromatic carbocycles. The van der Waals surface area contributed by atoms with E-state index in [-0.39, 0.29) is 17.7 Å². The minimum absolute atomic E-state index is 0.0300. The largest absolute Gasteiger partial charge is 0.465 e. The number of methoxy groups -OCH3 is 1. The zero-order valence-corrected chi connectivity index (χ0v) is 17.8. The van der Waals surface area contributed by atoms with Crippen LogP contribution in [-0.4, -0.2) is 56.7 Å². The summed E-state index contributed by atoms with van der Waals surface area (Å²) in [5.41, 5.74) is 0.294. The van der Waals surface area contributed by atoms with Crippen LogP contribution in [0.2, 0.25) is 0 Å². The van der Waals surface area contributed by atoms with E-state index in [1.165, 1.54) is 35.5 Å². The Morgan fingerprint density at radius 2 is 1.90 bits per heavy atom. The van der Waals surface area contributed by atoms with E-state index in [2.05, 4.69) is 4.74 Å². The number of ether oxygens (including phenoxy) is 1. The summed E-state index contributed by atoms with van der Waals surface area (Å²) in [4.78, 5) is 25.3. The van der Waals surface area contributed by atoms with Crippen LogP contribution in [0.15, 0.2) is 33.6 Å². The third kappa shape index (κ3) is 4.24. The number of rotatable bonds is 6. The Hall–Kier alpha value is -2.72. The number of furan rings is 1. The van der Waals surface area contributed by atoms with E-state index in [9.17, 15) is 22.4 Å². The molecule has 0 spiro atoms. The maximum absolute atomic E-state index is 14.3. The Bertz CT molecular complexity index is 1070. The molecule has 1 aromatic heterocycles. The number of nitrogens with zero attached hydrogens (tertiary/aromatic N) is 2. The molecular weight excluding hydrogens is 415 g/mol. The highest BCUT2D eigenvalue weighted by atomic mass is 32.2. The van der Waals surface area contributed by atoms with Gasteiger partial charge in [-0.15, -0.1) is 0 Å². The van der Waals surface area contributed by atoms with Gasteiger partial charge in [-0.3, -0.25) is 4.79 Å². The third-order valence-electron chi connectivity index (χ3n) is 4.97. The molecule has 2 aromatic rings. The molecule has 3 rings (SSSR count). The highest BCUT2D eigenvalue weighted by Gasteiger charge is 2.31. The summed E-state index contributed by atoms with van der Waals surface area (Å²) in [6.45, 7) is 2.30. The number of hydrogen-bond acceptors (Lipinski definition) is 6. The molecule has 1 saturated heterocycles. The van der Waals surface area contributed by atoms with Crippen LogP contribution in [0.1, 0.15) is 45.1 Å². The van der Waals surface area contributed by atoms with Crippen LogP contribution >= 0.6 is 0 Å². The predicted molar refractivity (Wildman–Crippen MR) is 105 cm³/mol. The van der Waals surface area contributed by atoms with Gasteiger partial charge in [0.05, 0.1) is 13.7 Å². The maximum atomic E-state index is 14.3. The van der Waals surface area contributed by atoms with Crippen molar-refractivity contribution in [2.45, 2.75) is 31.2 Å². The second kappa shape index (κ2) is 8.57. The Kier molecular flexibility index (Phi) is 6.27. The normalized spacial score (nSPS) is 14.7. The molecule has 162 valence electrons. The van der Waals surface area contributed by atoms with Crippen molar-refractivity contribution in [3.05, 3.63) is 52.7 Å². The highest BCUT2D eigenvalue weighted by molar-refractivity contribution is 7.89. The lowest BCUT2D eigenvalue weighted by atomic mass is 10.2. The van der Waals surface area contributed by atoms with Gasteiger partial charge in [-0.2, -0.15) is 4.31 Å². The number of carbonyl (C=O) groups excluding carboxylic acids is 2. The number of sulfonamides is 1. The summed E-state index contributed by atoms with van der Waals surface area (Å²) in [7, 11) is -1.25. The Morgan fingerprint density at radius 1 is 1.23 bits per heavy atom. The molecular formula is C20H23FN2O6S. The molecule has 0 bridgehead atoms. The van der Waals surface area contributed by atoms with Gasteiger partial charge in [-0.05, 0) is 44.0 Å². The van der Waals surface area contributed by atoms with Crippen LogP contribution in [-0.2, 0) is 21.3 Å². The quantitative estimate of drug-likeness (QED) is 0.643. The van der Waals surface area contributed by atoms with Crippen LogP contribution in [0.4, 0.5) is 4.39 Å². The molecule has 2 heterocycles. The van der Waals surface area contributed by atoms with Crippen molar-refractivity contribution in [3.8, 4) is 0 Å². The first-order chi connectivity index (χ1) is 14.1. The van der Waals surface area contributed by atoms with Crippen molar-refractivity contribution in [2.75, 3.05) is 27.2 Å². The number of carbonyl (C=O) groups is 2. The van der Waals surface area contributed by atoms with E-state index in [0.29, 0.717) is 24.6 Å². The summed E-state index contributed by atoms with van der Waals surface area (Å²) < 4.78 is 51.2. The third-order valence-corrected chi connectivity index (χ3v) is 6.89. The fraction of sp³-hybridized carbons (Fsp3) is 0.400. The van der Waals surface area contributed by atoms with E-state index < -0.39 is 32.6 Å². The van der Waals surface area contributed by atoms with Gasteiger partial charge in [0.15, 0.2) is 0 Å². The average molecular weight is 438 g/mol. The van der Waals surface area contributed by atoms with Crippen LogP contribution in [0.5, 0.6) is 0 Å². The molecule has 0 radical (unpaired) electrons. The summed E-state index contributed by atoms with van der Waals surface area (Å²) in [6, 6.07) is 4.77. The fourth-order valence-corrected chi connectivity index (χ4v) is 4.97. The second-order valence-electron chi connectivity index (χ2n) is 7.09. The second-order valence-corrected chi connectivity index (χ2v) is 9.00. The monoisotopic (exact) mass is 438 g/mol. The zero-order chi connectivity index (χ0) is 22.1. The van der Waals surface area contributed by atoms with Gasteiger partial charge in [0.1, 0.15) is 27.8 Å². The SMILES string of the molecule is COC(=O)c1cc(CN(C)C(=O)c2ccc(F)c(S(=O)(=O)N3CCCC3)c2)oc1C. The van der Waals surface area contributed by atoms with Crippen LogP contribution in [0.3, 0.4) is 0 Å². The topological polar surface area (TPSA) is 97.1 Å². The molecule has 0 saturated carbocycles. The Labute approximate surface area is 174 Å². The lowest BCUT2D eigenvalue weighted by Gasteiger charge is -2.19.